The zero-order valence-electron chi connectivity index (χ0n) is 9.83. The number of nitrogens with one attached hydrogen (secondary N) is 1. The van der Waals surface area contributed by atoms with Crippen molar-refractivity contribution < 1.29 is 9.21 Å². The lowest BCUT2D eigenvalue weighted by molar-refractivity contribution is 0.0942. The Morgan fingerprint density at radius 2 is 2.31 bits per heavy atom. The van der Waals surface area contributed by atoms with Crippen molar-refractivity contribution in [2.24, 2.45) is 0 Å². The Hall–Kier alpha value is -1.76. The first-order valence-electron chi connectivity index (χ1n) is 5.36. The second-order valence-corrected chi connectivity index (χ2v) is 3.77. The van der Waals surface area contributed by atoms with Gasteiger partial charge in [-0.05, 0) is 26.3 Å². The number of amides is 1. The van der Waals surface area contributed by atoms with Crippen molar-refractivity contribution in [1.29, 1.82) is 5.26 Å². The van der Waals surface area contributed by atoms with Crippen molar-refractivity contribution in [1.82, 2.24) is 5.32 Å². The summed E-state index contributed by atoms with van der Waals surface area (Å²) in [7, 11) is 0. The Morgan fingerprint density at radius 3 is 2.75 bits per heavy atom. The van der Waals surface area contributed by atoms with Crippen LogP contribution in [0.2, 0.25) is 0 Å². The molecule has 1 heterocycles. The van der Waals surface area contributed by atoms with Gasteiger partial charge in [-0.3, -0.25) is 4.79 Å². The maximum atomic E-state index is 11.8. The van der Waals surface area contributed by atoms with Crippen LogP contribution in [-0.2, 0) is 0 Å². The average Bonchev–Trinajstić information content (AvgIpc) is 2.57. The molecule has 1 amide bonds. The fourth-order valence-corrected chi connectivity index (χ4v) is 1.55. The minimum atomic E-state index is -0.424. The van der Waals surface area contributed by atoms with Gasteiger partial charge in [0.25, 0.3) is 5.91 Å². The zero-order chi connectivity index (χ0) is 12.1. The number of furan rings is 1. The number of aryl methyl sites for hydroxylation is 2. The molecule has 4 nitrogen and oxygen atoms in total. The smallest absolute Gasteiger partial charge is 0.255 e. The molecule has 0 saturated heterocycles. The first-order chi connectivity index (χ1) is 7.58. The molecule has 4 heteroatoms. The standard InChI is InChI=1S/C12H16N2O2/c1-4-5-10(7-13)14-12(15)11-6-8(2)16-9(11)3/h6,10H,4-5H2,1-3H3,(H,14,15). The average molecular weight is 220 g/mol. The Balaban J connectivity index is 2.72. The Kier molecular flexibility index (Phi) is 4.12. The molecule has 0 spiro atoms. The number of rotatable bonds is 4. The van der Waals surface area contributed by atoms with Crippen LogP contribution in [0.3, 0.4) is 0 Å². The van der Waals surface area contributed by atoms with Crippen molar-refractivity contribution >= 4 is 5.91 Å². The molecule has 0 fully saturated rings. The predicted octanol–water partition coefficient (Wildman–Crippen LogP) is 2.32. The zero-order valence-corrected chi connectivity index (χ0v) is 9.83. The Bertz CT molecular complexity index is 415. The van der Waals surface area contributed by atoms with Gasteiger partial charge in [-0.25, -0.2) is 0 Å². The van der Waals surface area contributed by atoms with E-state index in [1.54, 1.807) is 19.9 Å². The van der Waals surface area contributed by atoms with Gasteiger partial charge in [0.05, 0.1) is 11.6 Å². The number of hydrogen-bond donors (Lipinski definition) is 1. The van der Waals surface area contributed by atoms with Crippen LogP contribution in [0, 0.1) is 25.2 Å². The topological polar surface area (TPSA) is 66.0 Å². The molecule has 0 aliphatic rings. The summed E-state index contributed by atoms with van der Waals surface area (Å²) in [5, 5.41) is 11.5. The summed E-state index contributed by atoms with van der Waals surface area (Å²) < 4.78 is 5.27. The highest BCUT2D eigenvalue weighted by Gasteiger charge is 2.16. The second-order valence-electron chi connectivity index (χ2n) is 3.77. The quantitative estimate of drug-likeness (QED) is 0.846. The van der Waals surface area contributed by atoms with Gasteiger partial charge in [0.2, 0.25) is 0 Å². The minimum Gasteiger partial charge on any atom is -0.466 e. The van der Waals surface area contributed by atoms with Crippen molar-refractivity contribution in [3.8, 4) is 6.07 Å². The monoisotopic (exact) mass is 220 g/mol. The van der Waals surface area contributed by atoms with Crippen molar-refractivity contribution in [3.05, 3.63) is 23.2 Å². The molecular weight excluding hydrogens is 204 g/mol. The molecule has 1 unspecified atom stereocenters. The lowest BCUT2D eigenvalue weighted by atomic mass is 10.1. The van der Waals surface area contributed by atoms with Gasteiger partial charge in [-0.2, -0.15) is 5.26 Å². The molecule has 1 atom stereocenters. The number of carbonyl (C=O) groups excluding carboxylic acids is 1. The summed E-state index contributed by atoms with van der Waals surface area (Å²) in [6.07, 6.45) is 1.53. The van der Waals surface area contributed by atoms with Crippen LogP contribution in [0.25, 0.3) is 0 Å². The molecule has 0 saturated carbocycles. The van der Waals surface area contributed by atoms with E-state index in [0.717, 1.165) is 6.42 Å². The van der Waals surface area contributed by atoms with Gasteiger partial charge in [-0.15, -0.1) is 0 Å². The summed E-state index contributed by atoms with van der Waals surface area (Å²) in [6, 6.07) is 3.33. The summed E-state index contributed by atoms with van der Waals surface area (Å²) in [4.78, 5) is 11.8. The van der Waals surface area contributed by atoms with Crippen LogP contribution in [-0.4, -0.2) is 11.9 Å². The molecule has 0 aromatic carbocycles. The molecule has 16 heavy (non-hydrogen) atoms. The van der Waals surface area contributed by atoms with Gasteiger partial charge in [-0.1, -0.05) is 13.3 Å². The fourth-order valence-electron chi connectivity index (χ4n) is 1.55. The van der Waals surface area contributed by atoms with Crippen molar-refractivity contribution in [3.63, 3.8) is 0 Å². The van der Waals surface area contributed by atoms with Gasteiger partial charge in [0, 0.05) is 0 Å². The highest BCUT2D eigenvalue weighted by atomic mass is 16.3. The molecule has 86 valence electrons. The van der Waals surface area contributed by atoms with E-state index in [-0.39, 0.29) is 5.91 Å². The van der Waals surface area contributed by atoms with E-state index >= 15 is 0 Å². The van der Waals surface area contributed by atoms with Crippen LogP contribution < -0.4 is 5.32 Å². The van der Waals surface area contributed by atoms with E-state index in [1.165, 1.54) is 0 Å². The molecule has 0 radical (unpaired) electrons. The van der Waals surface area contributed by atoms with Gasteiger partial charge >= 0.3 is 0 Å². The lowest BCUT2D eigenvalue weighted by Crippen LogP contribution is -2.33. The largest absolute Gasteiger partial charge is 0.466 e. The van der Waals surface area contributed by atoms with E-state index < -0.39 is 6.04 Å². The van der Waals surface area contributed by atoms with E-state index in [4.69, 9.17) is 9.68 Å². The van der Waals surface area contributed by atoms with E-state index in [2.05, 4.69) is 11.4 Å². The number of carbonyl (C=O) groups is 1. The third kappa shape index (κ3) is 2.86. The molecule has 0 aliphatic heterocycles. The Morgan fingerprint density at radius 1 is 1.62 bits per heavy atom. The van der Waals surface area contributed by atoms with Crippen LogP contribution in [0.15, 0.2) is 10.5 Å². The molecule has 0 aliphatic carbocycles. The number of hydrogen-bond acceptors (Lipinski definition) is 3. The Labute approximate surface area is 95.2 Å². The second kappa shape index (κ2) is 5.36. The molecule has 1 N–H and O–H groups in total. The van der Waals surface area contributed by atoms with E-state index in [0.29, 0.717) is 23.5 Å². The third-order valence-electron chi connectivity index (χ3n) is 2.32. The maximum absolute atomic E-state index is 11.8. The summed E-state index contributed by atoms with van der Waals surface area (Å²) in [6.45, 7) is 5.50. The number of nitriles is 1. The summed E-state index contributed by atoms with van der Waals surface area (Å²) >= 11 is 0. The van der Waals surface area contributed by atoms with Crippen LogP contribution in [0.5, 0.6) is 0 Å². The maximum Gasteiger partial charge on any atom is 0.255 e. The first kappa shape index (κ1) is 12.3. The predicted molar refractivity (Wildman–Crippen MR) is 60.0 cm³/mol. The molecule has 1 aromatic rings. The molecule has 1 aromatic heterocycles. The van der Waals surface area contributed by atoms with Crippen LogP contribution >= 0.6 is 0 Å². The van der Waals surface area contributed by atoms with Gasteiger partial charge in [0.1, 0.15) is 17.6 Å². The molecular formula is C12H16N2O2. The highest BCUT2D eigenvalue weighted by Crippen LogP contribution is 2.13. The molecule has 0 bridgehead atoms. The normalized spacial score (nSPS) is 11.9. The SMILES string of the molecule is CCCC(C#N)NC(=O)c1cc(C)oc1C. The van der Waals surface area contributed by atoms with Crippen molar-refractivity contribution in [2.45, 2.75) is 39.7 Å². The summed E-state index contributed by atoms with van der Waals surface area (Å²) in [5.74, 6) is 1.05. The van der Waals surface area contributed by atoms with Gasteiger partial charge < -0.3 is 9.73 Å². The first-order valence-corrected chi connectivity index (χ1v) is 5.36. The number of nitrogens with zero attached hydrogens (tertiary/aromatic N) is 1. The minimum absolute atomic E-state index is 0.241. The van der Waals surface area contributed by atoms with Crippen LogP contribution in [0.1, 0.15) is 41.6 Å². The van der Waals surface area contributed by atoms with Gasteiger partial charge in [0.15, 0.2) is 0 Å². The van der Waals surface area contributed by atoms with Crippen molar-refractivity contribution in [2.75, 3.05) is 0 Å². The van der Waals surface area contributed by atoms with E-state index in [9.17, 15) is 4.79 Å². The fraction of sp³-hybridized carbons (Fsp3) is 0.500. The highest BCUT2D eigenvalue weighted by molar-refractivity contribution is 5.95. The third-order valence-corrected chi connectivity index (χ3v) is 2.32. The molecule has 1 rings (SSSR count). The summed E-state index contributed by atoms with van der Waals surface area (Å²) in [5.41, 5.74) is 0.508. The van der Waals surface area contributed by atoms with Crippen LogP contribution in [0.4, 0.5) is 0 Å². The van der Waals surface area contributed by atoms with E-state index in [1.807, 2.05) is 6.92 Å². The lowest BCUT2D eigenvalue weighted by Gasteiger charge is -2.09.